The van der Waals surface area contributed by atoms with Gasteiger partial charge in [0.05, 0.1) is 30.0 Å². The number of fused-ring (bicyclic) bond motifs is 4. The van der Waals surface area contributed by atoms with Crippen molar-refractivity contribution >= 4 is 34.6 Å². The van der Waals surface area contributed by atoms with Crippen LogP contribution in [0.2, 0.25) is 0 Å². The number of allylic oxidation sites excluding steroid dienone is 4. The highest BCUT2D eigenvalue weighted by atomic mass is 16.5. The van der Waals surface area contributed by atoms with E-state index in [9.17, 15) is 19.5 Å². The van der Waals surface area contributed by atoms with Gasteiger partial charge >= 0.3 is 0 Å². The molecule has 7 nitrogen and oxygen atoms in total. The first-order chi connectivity index (χ1) is 23.4. The molecule has 1 N–H and O–H groups in total. The summed E-state index contributed by atoms with van der Waals surface area (Å²) in [5.41, 5.74) is 2.32. The third-order valence-electron chi connectivity index (χ3n) is 10.9. The Morgan fingerprint density at radius 1 is 0.792 bits per heavy atom. The number of para-hydroxylation sites is 1. The quantitative estimate of drug-likeness (QED) is 0.200. The summed E-state index contributed by atoms with van der Waals surface area (Å²) in [5.74, 6) is -4.07. The fraction of sp³-hybridized carbons (Fsp3) is 0.220. The molecule has 238 valence electrons. The van der Waals surface area contributed by atoms with Crippen molar-refractivity contribution in [3.63, 3.8) is 0 Å². The van der Waals surface area contributed by atoms with Crippen LogP contribution in [0.25, 0.3) is 5.57 Å². The second-order valence-corrected chi connectivity index (χ2v) is 13.1. The van der Waals surface area contributed by atoms with Gasteiger partial charge in [-0.25, -0.2) is 0 Å². The fourth-order valence-corrected chi connectivity index (χ4v) is 8.97. The van der Waals surface area contributed by atoms with E-state index in [2.05, 4.69) is 0 Å². The van der Waals surface area contributed by atoms with Gasteiger partial charge < -0.3 is 9.84 Å². The third kappa shape index (κ3) is 4.20. The number of ketones is 2. The van der Waals surface area contributed by atoms with Crippen molar-refractivity contribution in [1.29, 1.82) is 0 Å². The minimum atomic E-state index is -1.36. The number of phenolic OH excluding ortho intramolecular Hbond substituents is 1. The monoisotopic (exact) mass is 635 g/mol. The van der Waals surface area contributed by atoms with Gasteiger partial charge in [-0.1, -0.05) is 96.6 Å². The van der Waals surface area contributed by atoms with Gasteiger partial charge in [0.15, 0.2) is 23.1 Å². The highest BCUT2D eigenvalue weighted by Gasteiger charge is 2.66. The molecule has 4 aliphatic rings. The molecular weight excluding hydrogens is 602 g/mol. The summed E-state index contributed by atoms with van der Waals surface area (Å²) in [6.45, 7) is 0. The minimum Gasteiger partial charge on any atom is -0.504 e. The molecule has 8 rings (SSSR count). The highest BCUT2D eigenvalue weighted by molar-refractivity contribution is 6.32. The Morgan fingerprint density at radius 3 is 2.12 bits per heavy atom. The van der Waals surface area contributed by atoms with Crippen LogP contribution in [0, 0.1) is 23.7 Å². The number of Topliss-reactive ketones (excluding diaryl/α,β-unsaturated/α-hetero) is 1. The smallest absolute Gasteiger partial charge is 0.238 e. The van der Waals surface area contributed by atoms with Gasteiger partial charge in [0, 0.05) is 17.4 Å². The number of phenols is 1. The van der Waals surface area contributed by atoms with Gasteiger partial charge in [0.25, 0.3) is 0 Å². The van der Waals surface area contributed by atoms with Crippen LogP contribution < -0.4 is 9.64 Å². The maximum atomic E-state index is 15.1. The fourth-order valence-electron chi connectivity index (χ4n) is 8.97. The number of nitrogens with zero attached hydrogens (tertiary/aromatic N) is 1. The van der Waals surface area contributed by atoms with E-state index in [0.717, 1.165) is 5.57 Å². The van der Waals surface area contributed by atoms with E-state index in [1.807, 2.05) is 78.9 Å². The maximum Gasteiger partial charge on any atom is 0.238 e. The first-order valence-electron chi connectivity index (χ1n) is 16.3. The van der Waals surface area contributed by atoms with E-state index in [1.165, 1.54) is 18.1 Å². The maximum absolute atomic E-state index is 15.1. The zero-order valence-electron chi connectivity index (χ0n) is 26.3. The molecule has 4 aromatic carbocycles. The average molecular weight is 636 g/mol. The SMILES string of the molecule is COc1ccc([C@H]2C3=CC[C@@H]4C(=O)N(c5ccccc5)C(=O)[C@@H]4[C@@H]3C[C@H]3C(=O)C(c4ccccc4)=CC(=O)[C@@]23c2ccccc2)cc1O. The van der Waals surface area contributed by atoms with E-state index in [4.69, 9.17) is 4.74 Å². The van der Waals surface area contributed by atoms with Crippen LogP contribution in [0.1, 0.15) is 35.4 Å². The third-order valence-corrected chi connectivity index (χ3v) is 10.9. The second-order valence-electron chi connectivity index (χ2n) is 13.1. The Morgan fingerprint density at radius 2 is 1.46 bits per heavy atom. The molecule has 0 spiro atoms. The van der Waals surface area contributed by atoms with Gasteiger partial charge in [-0.2, -0.15) is 0 Å². The molecule has 7 heteroatoms. The number of methoxy groups -OCH3 is 1. The standard InChI is InChI=1S/C41H33NO6/c1-48-34-20-17-25(21-33(34)43)37-28-18-19-29-36(40(47)42(39(29)46)27-15-9-4-10-16-27)31(28)22-32-38(45)30(24-11-5-2-6-12-24)23-35(44)41(32,37)26-13-7-3-8-14-26/h2-18,20-21,23,29,31-32,36-37,43H,19,22H2,1H3/t29-,31+,32-,36-,37-,41-/m0/s1. The Bertz CT molecular complexity index is 2040. The molecule has 0 bridgehead atoms. The number of rotatable bonds is 5. The number of benzene rings is 4. The van der Waals surface area contributed by atoms with Gasteiger partial charge in [-0.15, -0.1) is 0 Å². The number of carbonyl (C=O) groups is 4. The van der Waals surface area contributed by atoms with Crippen molar-refractivity contribution in [2.24, 2.45) is 23.7 Å². The molecule has 1 saturated heterocycles. The van der Waals surface area contributed by atoms with E-state index in [-0.39, 0.29) is 41.3 Å². The van der Waals surface area contributed by atoms with Crippen LogP contribution in [0.4, 0.5) is 5.69 Å². The predicted molar refractivity (Wildman–Crippen MR) is 180 cm³/mol. The Hall–Kier alpha value is -5.56. The number of amides is 2. The molecule has 2 fully saturated rings. The summed E-state index contributed by atoms with van der Waals surface area (Å²) < 4.78 is 5.37. The Balaban J connectivity index is 1.37. The molecule has 0 unspecified atom stereocenters. The summed E-state index contributed by atoms with van der Waals surface area (Å²) in [4.78, 5) is 59.6. The van der Waals surface area contributed by atoms with Crippen molar-refractivity contribution < 1.29 is 29.0 Å². The molecule has 48 heavy (non-hydrogen) atoms. The number of anilines is 1. The van der Waals surface area contributed by atoms with Crippen LogP contribution in [0.5, 0.6) is 11.5 Å². The number of aromatic hydroxyl groups is 1. The molecule has 1 heterocycles. The van der Waals surface area contributed by atoms with Gasteiger partial charge in [0.2, 0.25) is 11.8 Å². The Kier molecular flexibility index (Phi) is 7.02. The van der Waals surface area contributed by atoms with Crippen LogP contribution in [0.15, 0.2) is 127 Å². The summed E-state index contributed by atoms with van der Waals surface area (Å²) in [6, 6.07) is 32.6. The first kappa shape index (κ1) is 29.8. The molecule has 1 saturated carbocycles. The van der Waals surface area contributed by atoms with Crippen LogP contribution >= 0.6 is 0 Å². The molecule has 0 aromatic heterocycles. The largest absolute Gasteiger partial charge is 0.504 e. The second kappa shape index (κ2) is 11.3. The molecule has 2 amide bonds. The van der Waals surface area contributed by atoms with E-state index >= 15 is 4.79 Å². The molecule has 0 radical (unpaired) electrons. The molecule has 6 atom stereocenters. The summed E-state index contributed by atoms with van der Waals surface area (Å²) >= 11 is 0. The van der Waals surface area contributed by atoms with Crippen molar-refractivity contribution in [2.75, 3.05) is 12.0 Å². The number of ether oxygens (including phenoxy) is 1. The highest BCUT2D eigenvalue weighted by Crippen LogP contribution is 2.64. The zero-order chi connectivity index (χ0) is 33.2. The average Bonchev–Trinajstić information content (AvgIpc) is 3.38. The molecular formula is C41H33NO6. The number of carbonyl (C=O) groups excluding carboxylic acids is 4. The van der Waals surface area contributed by atoms with Crippen molar-refractivity contribution in [1.82, 2.24) is 0 Å². The summed E-state index contributed by atoms with van der Waals surface area (Å²) in [5, 5.41) is 11.1. The molecule has 1 aliphatic heterocycles. The lowest BCUT2D eigenvalue weighted by molar-refractivity contribution is -0.135. The topological polar surface area (TPSA) is 101 Å². The van der Waals surface area contributed by atoms with Crippen LogP contribution in [0.3, 0.4) is 0 Å². The van der Waals surface area contributed by atoms with Gasteiger partial charge in [-0.3, -0.25) is 24.1 Å². The zero-order valence-corrected chi connectivity index (χ0v) is 26.3. The van der Waals surface area contributed by atoms with E-state index < -0.39 is 35.0 Å². The lowest BCUT2D eigenvalue weighted by atomic mass is 9.44. The van der Waals surface area contributed by atoms with Crippen molar-refractivity contribution in [3.05, 3.63) is 144 Å². The lowest BCUT2D eigenvalue weighted by Gasteiger charge is -2.55. The van der Waals surface area contributed by atoms with E-state index in [1.54, 1.807) is 36.4 Å². The van der Waals surface area contributed by atoms with Crippen LogP contribution in [-0.4, -0.2) is 35.6 Å². The summed E-state index contributed by atoms with van der Waals surface area (Å²) in [7, 11) is 1.47. The van der Waals surface area contributed by atoms with Crippen molar-refractivity contribution in [2.45, 2.75) is 24.2 Å². The first-order valence-corrected chi connectivity index (χ1v) is 16.3. The lowest BCUT2D eigenvalue weighted by Crippen LogP contribution is -2.58. The molecule has 3 aliphatic carbocycles. The van der Waals surface area contributed by atoms with E-state index in [0.29, 0.717) is 34.4 Å². The number of imide groups is 1. The van der Waals surface area contributed by atoms with Crippen molar-refractivity contribution in [3.8, 4) is 11.5 Å². The minimum absolute atomic E-state index is 0.0938. The number of hydrogen-bond donors (Lipinski definition) is 1. The Labute approximate surface area is 278 Å². The normalized spacial score (nSPS) is 27.9. The van der Waals surface area contributed by atoms with Crippen LogP contribution in [-0.2, 0) is 24.6 Å². The molecule has 4 aromatic rings. The summed E-state index contributed by atoms with van der Waals surface area (Å²) in [6.07, 6.45) is 4.06. The van der Waals surface area contributed by atoms with Gasteiger partial charge in [0.1, 0.15) is 0 Å². The predicted octanol–water partition coefficient (Wildman–Crippen LogP) is 6.43. The number of hydrogen-bond acceptors (Lipinski definition) is 6. The van der Waals surface area contributed by atoms with Gasteiger partial charge in [-0.05, 0) is 65.8 Å².